The molecular weight excluding hydrogens is 323 g/mol. The third-order valence-electron chi connectivity index (χ3n) is 4.18. The van der Waals surface area contributed by atoms with E-state index in [1.807, 2.05) is 43.3 Å². The molecule has 1 N–H and O–H groups in total. The Bertz CT molecular complexity index is 491. The number of rotatable bonds is 5. The Morgan fingerprint density at radius 3 is 2.68 bits per heavy atom. The summed E-state index contributed by atoms with van der Waals surface area (Å²) < 4.78 is 5.47. The molecule has 0 spiro atoms. The van der Waals surface area contributed by atoms with Crippen molar-refractivity contribution in [3.05, 3.63) is 34.9 Å². The fourth-order valence-corrected chi connectivity index (χ4v) is 3.07. The van der Waals surface area contributed by atoms with E-state index in [0.717, 1.165) is 12.1 Å². The van der Waals surface area contributed by atoms with Crippen LogP contribution in [-0.2, 0) is 14.9 Å². The van der Waals surface area contributed by atoms with Crippen molar-refractivity contribution in [1.82, 2.24) is 10.2 Å². The number of hydrogen-bond acceptors (Lipinski definition) is 3. The van der Waals surface area contributed by atoms with E-state index in [2.05, 4.69) is 5.32 Å². The summed E-state index contributed by atoms with van der Waals surface area (Å²) >= 11 is 6.13. The molecule has 0 aliphatic carbocycles. The highest BCUT2D eigenvalue weighted by atomic mass is 35.5. The second-order valence-corrected chi connectivity index (χ2v) is 5.97. The van der Waals surface area contributed by atoms with Gasteiger partial charge in [-0.3, -0.25) is 4.79 Å². The Labute approximate surface area is 143 Å². The van der Waals surface area contributed by atoms with E-state index < -0.39 is 5.41 Å². The van der Waals surface area contributed by atoms with Gasteiger partial charge in [-0.2, -0.15) is 0 Å². The van der Waals surface area contributed by atoms with E-state index in [0.29, 0.717) is 37.6 Å². The van der Waals surface area contributed by atoms with Gasteiger partial charge in [0.1, 0.15) is 0 Å². The summed E-state index contributed by atoms with van der Waals surface area (Å²) in [4.78, 5) is 14.8. The molecule has 1 aliphatic heterocycles. The Kier molecular flexibility index (Phi) is 7.63. The van der Waals surface area contributed by atoms with E-state index in [4.69, 9.17) is 16.3 Å². The molecule has 1 saturated heterocycles. The summed E-state index contributed by atoms with van der Waals surface area (Å²) in [6.07, 6.45) is 1.41. The van der Waals surface area contributed by atoms with Crippen LogP contribution in [0.15, 0.2) is 24.3 Å². The van der Waals surface area contributed by atoms with Crippen molar-refractivity contribution in [2.24, 2.45) is 0 Å². The monoisotopic (exact) mass is 346 g/mol. The van der Waals surface area contributed by atoms with Gasteiger partial charge in [0.15, 0.2) is 0 Å². The van der Waals surface area contributed by atoms with Gasteiger partial charge in [0.2, 0.25) is 5.91 Å². The van der Waals surface area contributed by atoms with Crippen LogP contribution in [-0.4, -0.2) is 51.2 Å². The minimum Gasteiger partial charge on any atom is -0.381 e. The molecule has 1 amide bonds. The van der Waals surface area contributed by atoms with Crippen LogP contribution in [0.2, 0.25) is 5.02 Å². The second kappa shape index (κ2) is 8.73. The van der Waals surface area contributed by atoms with Gasteiger partial charge < -0.3 is 15.0 Å². The van der Waals surface area contributed by atoms with Gasteiger partial charge >= 0.3 is 0 Å². The molecule has 0 saturated carbocycles. The number of carbonyl (C=O) groups is 1. The molecule has 124 valence electrons. The molecule has 2 rings (SSSR count). The average Bonchev–Trinajstić information content (AvgIpc) is 2.52. The van der Waals surface area contributed by atoms with Crippen molar-refractivity contribution in [2.45, 2.75) is 18.3 Å². The third kappa shape index (κ3) is 4.13. The summed E-state index contributed by atoms with van der Waals surface area (Å²) in [7, 11) is 3.75. The Morgan fingerprint density at radius 2 is 2.09 bits per heavy atom. The fraction of sp³-hybridized carbons (Fsp3) is 0.562. The van der Waals surface area contributed by atoms with Gasteiger partial charge in [0, 0.05) is 38.4 Å². The zero-order chi connectivity index (χ0) is 15.3. The molecule has 22 heavy (non-hydrogen) atoms. The van der Waals surface area contributed by atoms with Crippen LogP contribution in [0.5, 0.6) is 0 Å². The molecule has 1 fully saturated rings. The van der Waals surface area contributed by atoms with Gasteiger partial charge in [-0.15, -0.1) is 12.4 Å². The van der Waals surface area contributed by atoms with E-state index in [1.54, 1.807) is 0 Å². The zero-order valence-corrected chi connectivity index (χ0v) is 14.7. The maximum Gasteiger partial charge on any atom is 0.233 e. The summed E-state index contributed by atoms with van der Waals surface area (Å²) in [6.45, 7) is 2.69. The molecule has 6 heteroatoms. The van der Waals surface area contributed by atoms with Crippen LogP contribution in [0, 0.1) is 0 Å². The van der Waals surface area contributed by atoms with Crippen LogP contribution in [0.25, 0.3) is 0 Å². The lowest BCUT2D eigenvalue weighted by Crippen LogP contribution is -2.49. The molecule has 1 aliphatic rings. The number of ether oxygens (including phenoxy) is 1. The first-order valence-electron chi connectivity index (χ1n) is 7.34. The first-order chi connectivity index (χ1) is 10.1. The maximum absolute atomic E-state index is 13.0. The van der Waals surface area contributed by atoms with Crippen molar-refractivity contribution >= 4 is 29.9 Å². The van der Waals surface area contributed by atoms with E-state index in [-0.39, 0.29) is 18.3 Å². The number of nitrogens with zero attached hydrogens (tertiary/aromatic N) is 1. The van der Waals surface area contributed by atoms with Crippen molar-refractivity contribution in [2.75, 3.05) is 40.4 Å². The quantitative estimate of drug-likeness (QED) is 0.890. The Hall–Kier alpha value is -0.810. The summed E-state index contributed by atoms with van der Waals surface area (Å²) in [5.74, 6) is 0.156. The Balaban J connectivity index is 0.00000242. The van der Waals surface area contributed by atoms with Gasteiger partial charge in [0.25, 0.3) is 0 Å². The lowest BCUT2D eigenvalue weighted by atomic mass is 9.73. The van der Waals surface area contributed by atoms with E-state index >= 15 is 0 Å². The topological polar surface area (TPSA) is 41.6 Å². The molecule has 4 nitrogen and oxygen atoms in total. The van der Waals surface area contributed by atoms with E-state index in [1.165, 1.54) is 0 Å². The predicted octanol–water partition coefficient (Wildman–Crippen LogP) is 2.49. The van der Waals surface area contributed by atoms with Crippen molar-refractivity contribution in [1.29, 1.82) is 0 Å². The molecule has 0 bridgehead atoms. The van der Waals surface area contributed by atoms with Crippen LogP contribution < -0.4 is 5.32 Å². The molecular formula is C16H24Cl2N2O2. The van der Waals surface area contributed by atoms with Gasteiger partial charge in [-0.25, -0.2) is 0 Å². The normalized spacial score (nSPS) is 16.7. The van der Waals surface area contributed by atoms with Crippen molar-refractivity contribution < 1.29 is 9.53 Å². The largest absolute Gasteiger partial charge is 0.381 e. The molecule has 0 atom stereocenters. The number of hydrogen-bond donors (Lipinski definition) is 1. The summed E-state index contributed by atoms with van der Waals surface area (Å²) in [6, 6.07) is 7.67. The number of likely N-dealkylation sites (N-methyl/N-ethyl adjacent to an activating group) is 2. The summed E-state index contributed by atoms with van der Waals surface area (Å²) in [5, 5.41) is 3.75. The van der Waals surface area contributed by atoms with Crippen LogP contribution >= 0.6 is 24.0 Å². The molecule has 0 aromatic heterocycles. The highest BCUT2D eigenvalue weighted by Gasteiger charge is 2.43. The first-order valence-corrected chi connectivity index (χ1v) is 7.72. The lowest BCUT2D eigenvalue weighted by Gasteiger charge is -2.39. The molecule has 1 aromatic carbocycles. The number of benzene rings is 1. The zero-order valence-electron chi connectivity index (χ0n) is 13.1. The van der Waals surface area contributed by atoms with Gasteiger partial charge in [0.05, 0.1) is 5.41 Å². The molecule has 0 unspecified atom stereocenters. The Morgan fingerprint density at radius 1 is 1.41 bits per heavy atom. The van der Waals surface area contributed by atoms with Crippen LogP contribution in [0.3, 0.4) is 0 Å². The second-order valence-electron chi connectivity index (χ2n) is 5.54. The fourth-order valence-electron chi connectivity index (χ4n) is 2.88. The average molecular weight is 347 g/mol. The van der Waals surface area contributed by atoms with Gasteiger partial charge in [-0.05, 0) is 37.6 Å². The van der Waals surface area contributed by atoms with E-state index in [9.17, 15) is 4.79 Å². The lowest BCUT2D eigenvalue weighted by molar-refractivity contribution is -0.140. The molecule has 1 aromatic rings. The molecule has 1 heterocycles. The highest BCUT2D eigenvalue weighted by molar-refractivity contribution is 6.30. The minimum absolute atomic E-state index is 0. The van der Waals surface area contributed by atoms with Crippen molar-refractivity contribution in [3.63, 3.8) is 0 Å². The standard InChI is InChI=1S/C16H23ClN2O2.ClH/c1-18-8-9-19(2)15(20)16(6-10-21-11-7-16)13-4-3-5-14(17)12-13;/h3-5,12,18H,6-11H2,1-2H3;1H. The maximum atomic E-state index is 13.0. The number of nitrogens with one attached hydrogen (secondary N) is 1. The smallest absolute Gasteiger partial charge is 0.233 e. The highest BCUT2D eigenvalue weighted by Crippen LogP contribution is 2.37. The van der Waals surface area contributed by atoms with Gasteiger partial charge in [-0.1, -0.05) is 23.7 Å². The third-order valence-corrected chi connectivity index (χ3v) is 4.41. The summed E-state index contributed by atoms with van der Waals surface area (Å²) in [5.41, 5.74) is 0.491. The number of carbonyl (C=O) groups excluding carboxylic acids is 1. The SMILES string of the molecule is CNCCN(C)C(=O)C1(c2cccc(Cl)c2)CCOCC1.Cl. The van der Waals surface area contributed by atoms with Crippen LogP contribution in [0.1, 0.15) is 18.4 Å². The van der Waals surface area contributed by atoms with Crippen molar-refractivity contribution in [3.8, 4) is 0 Å². The minimum atomic E-state index is -0.508. The van der Waals surface area contributed by atoms with Crippen LogP contribution in [0.4, 0.5) is 0 Å². The first kappa shape index (κ1) is 19.2. The number of halogens is 2. The predicted molar refractivity (Wildman–Crippen MR) is 92.0 cm³/mol. The number of amides is 1. The molecule has 0 radical (unpaired) electrons.